The maximum Gasteiger partial charge on any atom is 0.337 e. The van der Waals surface area contributed by atoms with Gasteiger partial charge in [-0.05, 0) is 81.2 Å². The first-order valence-electron chi connectivity index (χ1n) is 10.2. The maximum atomic E-state index is 12.2. The number of fused-ring (bicyclic) bond motifs is 1. The van der Waals surface area contributed by atoms with Crippen LogP contribution < -0.4 is 5.32 Å². The summed E-state index contributed by atoms with van der Waals surface area (Å²) in [4.78, 5) is 12.2. The van der Waals surface area contributed by atoms with Gasteiger partial charge in [-0.3, -0.25) is 0 Å². The number of carbonyl (C=O) groups is 1. The molecule has 0 aromatic heterocycles. The zero-order chi connectivity index (χ0) is 20.5. The monoisotopic (exact) mass is 387 g/mol. The summed E-state index contributed by atoms with van der Waals surface area (Å²) < 4.78 is 11.5. The number of carboxylic acid groups (broad SMARTS) is 1. The summed E-state index contributed by atoms with van der Waals surface area (Å²) in [5.74, 6) is -0.469. The third-order valence-electron chi connectivity index (χ3n) is 5.73. The smallest absolute Gasteiger partial charge is 0.337 e. The molecule has 0 bridgehead atoms. The Bertz CT molecular complexity index is 770. The highest BCUT2D eigenvalue weighted by molar-refractivity contribution is 5.79. The van der Waals surface area contributed by atoms with Crippen molar-refractivity contribution in [3.05, 3.63) is 39.5 Å². The van der Waals surface area contributed by atoms with Gasteiger partial charge < -0.3 is 19.9 Å². The standard InChI is InChI=1S/C23H33NO4/c1-14-17(7-6-16-8-10-27-11-9-16)20(15(2)19-13-24-12-18(14)19)21(22(25)26)28-23(3,4)5/h6-7,16,21,24H,8-13H2,1-5H3,(H,25,26)/t21-/m0/s1. The van der Waals surface area contributed by atoms with Crippen molar-refractivity contribution in [2.45, 2.75) is 72.3 Å². The molecule has 2 heterocycles. The van der Waals surface area contributed by atoms with Gasteiger partial charge in [0.2, 0.25) is 0 Å². The fraction of sp³-hybridized carbons (Fsp3) is 0.609. The molecule has 2 N–H and O–H groups in total. The molecule has 2 aliphatic heterocycles. The quantitative estimate of drug-likeness (QED) is 0.789. The van der Waals surface area contributed by atoms with Crippen LogP contribution in [0.15, 0.2) is 6.08 Å². The zero-order valence-electron chi connectivity index (χ0n) is 17.7. The maximum absolute atomic E-state index is 12.2. The van der Waals surface area contributed by atoms with Gasteiger partial charge in [0.15, 0.2) is 6.10 Å². The molecule has 0 radical (unpaired) electrons. The van der Waals surface area contributed by atoms with Crippen LogP contribution in [0.2, 0.25) is 0 Å². The molecular formula is C23H33NO4. The number of hydrogen-bond donors (Lipinski definition) is 2. The van der Waals surface area contributed by atoms with E-state index in [1.807, 2.05) is 27.7 Å². The second kappa shape index (κ2) is 8.36. The average molecular weight is 388 g/mol. The number of nitrogens with one attached hydrogen (secondary N) is 1. The molecule has 1 saturated heterocycles. The zero-order valence-corrected chi connectivity index (χ0v) is 17.7. The lowest BCUT2D eigenvalue weighted by Crippen LogP contribution is -2.29. The summed E-state index contributed by atoms with van der Waals surface area (Å²) in [7, 11) is 0. The van der Waals surface area contributed by atoms with Crippen LogP contribution in [-0.2, 0) is 27.4 Å². The Balaban J connectivity index is 2.11. The van der Waals surface area contributed by atoms with Crippen molar-refractivity contribution in [3.63, 3.8) is 0 Å². The summed E-state index contributed by atoms with van der Waals surface area (Å²) in [5, 5.41) is 13.4. The van der Waals surface area contributed by atoms with Crippen LogP contribution in [0.25, 0.3) is 6.08 Å². The summed E-state index contributed by atoms with van der Waals surface area (Å²) in [6.45, 7) is 13.0. The van der Waals surface area contributed by atoms with Gasteiger partial charge in [-0.15, -0.1) is 0 Å². The molecule has 28 heavy (non-hydrogen) atoms. The van der Waals surface area contributed by atoms with Crippen molar-refractivity contribution in [2.24, 2.45) is 5.92 Å². The molecule has 3 rings (SSSR count). The second-order valence-electron chi connectivity index (χ2n) is 8.90. The average Bonchev–Trinajstić information content (AvgIpc) is 3.12. The van der Waals surface area contributed by atoms with Crippen LogP contribution in [-0.4, -0.2) is 29.9 Å². The molecule has 0 aliphatic carbocycles. The Morgan fingerprint density at radius 1 is 1.18 bits per heavy atom. The first-order chi connectivity index (χ1) is 13.2. The van der Waals surface area contributed by atoms with Crippen molar-refractivity contribution in [2.75, 3.05) is 13.2 Å². The number of carboxylic acids is 1. The lowest BCUT2D eigenvalue weighted by atomic mass is 9.85. The van der Waals surface area contributed by atoms with Crippen LogP contribution in [0.5, 0.6) is 0 Å². The highest BCUT2D eigenvalue weighted by atomic mass is 16.5. The lowest BCUT2D eigenvalue weighted by molar-refractivity contribution is -0.160. The lowest BCUT2D eigenvalue weighted by Gasteiger charge is -2.29. The summed E-state index contributed by atoms with van der Waals surface area (Å²) in [6.07, 6.45) is 5.40. The molecule has 1 aromatic rings. The molecule has 0 saturated carbocycles. The largest absolute Gasteiger partial charge is 0.479 e. The SMILES string of the molecule is Cc1c(C=CC2CCOCC2)c([C@H](OC(C)(C)C)C(=O)O)c(C)c2c1CNC2. The second-order valence-corrected chi connectivity index (χ2v) is 8.90. The molecule has 0 spiro atoms. The first-order valence-corrected chi connectivity index (χ1v) is 10.2. The fourth-order valence-corrected chi connectivity index (χ4v) is 4.25. The van der Waals surface area contributed by atoms with Crippen molar-refractivity contribution < 1.29 is 19.4 Å². The molecule has 154 valence electrons. The van der Waals surface area contributed by atoms with Gasteiger partial charge >= 0.3 is 5.97 Å². The predicted octanol–water partition coefficient (Wildman–Crippen LogP) is 4.29. The Morgan fingerprint density at radius 3 is 2.36 bits per heavy atom. The highest BCUT2D eigenvalue weighted by Gasteiger charge is 2.33. The third kappa shape index (κ3) is 4.48. The minimum atomic E-state index is -0.987. The number of aliphatic carboxylic acids is 1. The normalized spacial score (nSPS) is 19.2. The van der Waals surface area contributed by atoms with E-state index in [-0.39, 0.29) is 0 Å². The van der Waals surface area contributed by atoms with Crippen LogP contribution >= 0.6 is 0 Å². The Labute approximate surface area is 168 Å². The number of ether oxygens (including phenoxy) is 2. The van der Waals surface area contributed by atoms with Crippen molar-refractivity contribution >= 4 is 12.0 Å². The molecule has 2 aliphatic rings. The van der Waals surface area contributed by atoms with Gasteiger partial charge in [-0.25, -0.2) is 4.79 Å². The number of allylic oxidation sites excluding steroid dienone is 1. The fourth-order valence-electron chi connectivity index (χ4n) is 4.25. The van der Waals surface area contributed by atoms with E-state index in [0.29, 0.717) is 5.92 Å². The molecule has 1 fully saturated rings. The van der Waals surface area contributed by atoms with Gasteiger partial charge in [0.25, 0.3) is 0 Å². The Hall–Kier alpha value is -1.69. The molecule has 0 unspecified atom stereocenters. The first kappa shape index (κ1) is 21.0. The van der Waals surface area contributed by atoms with E-state index in [9.17, 15) is 9.90 Å². The van der Waals surface area contributed by atoms with E-state index in [1.54, 1.807) is 0 Å². The summed E-state index contributed by atoms with van der Waals surface area (Å²) in [6, 6.07) is 0. The van der Waals surface area contributed by atoms with Gasteiger partial charge in [0.05, 0.1) is 5.60 Å². The van der Waals surface area contributed by atoms with Crippen LogP contribution in [0, 0.1) is 19.8 Å². The van der Waals surface area contributed by atoms with Gasteiger partial charge in [-0.1, -0.05) is 12.2 Å². The topological polar surface area (TPSA) is 67.8 Å². The van der Waals surface area contributed by atoms with Crippen molar-refractivity contribution in [3.8, 4) is 0 Å². The minimum Gasteiger partial charge on any atom is -0.479 e. The van der Waals surface area contributed by atoms with Crippen molar-refractivity contribution in [1.29, 1.82) is 0 Å². The number of rotatable bonds is 5. The van der Waals surface area contributed by atoms with Crippen molar-refractivity contribution in [1.82, 2.24) is 5.32 Å². The molecule has 1 aromatic carbocycles. The Kier molecular flexibility index (Phi) is 6.28. The predicted molar refractivity (Wildman–Crippen MR) is 110 cm³/mol. The van der Waals surface area contributed by atoms with Crippen LogP contribution in [0.4, 0.5) is 0 Å². The summed E-state index contributed by atoms with van der Waals surface area (Å²) >= 11 is 0. The molecular weight excluding hydrogens is 354 g/mol. The highest BCUT2D eigenvalue weighted by Crippen LogP contribution is 2.38. The third-order valence-corrected chi connectivity index (χ3v) is 5.73. The number of hydrogen-bond acceptors (Lipinski definition) is 4. The minimum absolute atomic E-state index is 0.472. The molecule has 5 nitrogen and oxygen atoms in total. The van der Waals surface area contributed by atoms with Crippen LogP contribution in [0.1, 0.15) is 73.1 Å². The Morgan fingerprint density at radius 2 is 1.79 bits per heavy atom. The van der Waals surface area contributed by atoms with E-state index in [0.717, 1.165) is 61.4 Å². The van der Waals surface area contributed by atoms with Gasteiger partial charge in [0, 0.05) is 31.9 Å². The van der Waals surface area contributed by atoms with Crippen LogP contribution in [0.3, 0.4) is 0 Å². The van der Waals surface area contributed by atoms with Gasteiger partial charge in [-0.2, -0.15) is 0 Å². The molecule has 1 atom stereocenters. The summed E-state index contributed by atoms with van der Waals surface area (Å²) in [5.41, 5.74) is 5.96. The molecule has 0 amide bonds. The molecule has 5 heteroatoms. The van der Waals surface area contributed by atoms with E-state index in [4.69, 9.17) is 9.47 Å². The van der Waals surface area contributed by atoms with E-state index >= 15 is 0 Å². The van der Waals surface area contributed by atoms with E-state index in [2.05, 4.69) is 24.4 Å². The van der Waals surface area contributed by atoms with Gasteiger partial charge in [0.1, 0.15) is 0 Å². The van der Waals surface area contributed by atoms with E-state index < -0.39 is 17.7 Å². The van der Waals surface area contributed by atoms with E-state index in [1.165, 1.54) is 11.1 Å². The number of benzene rings is 1.